The monoisotopic (exact) mass is 620 g/mol. The summed E-state index contributed by atoms with van der Waals surface area (Å²) < 4.78 is 6.44. The van der Waals surface area contributed by atoms with Crippen molar-refractivity contribution in [2.45, 2.75) is 55.9 Å². The number of hydrogen-bond donors (Lipinski definition) is 1. The average molecular weight is 622 g/mol. The van der Waals surface area contributed by atoms with Crippen LogP contribution in [0.5, 0.6) is 5.75 Å². The molecule has 0 saturated carbocycles. The fourth-order valence-corrected chi connectivity index (χ4v) is 8.11. The maximum Gasteiger partial charge on any atom is 0.226 e. The fraction of sp³-hybridized carbons (Fsp3) is 0.472. The molecule has 3 aliphatic rings. The molecule has 43 heavy (non-hydrogen) atoms. The number of piperidine rings is 2. The first-order valence-electron chi connectivity index (χ1n) is 15.8. The van der Waals surface area contributed by atoms with Crippen LogP contribution >= 0.6 is 23.2 Å². The highest BCUT2D eigenvalue weighted by Gasteiger charge is 2.45. The number of nitrogens with one attached hydrogen (secondary N) is 1. The number of methoxy groups -OCH3 is 1. The van der Waals surface area contributed by atoms with Gasteiger partial charge in [-0.1, -0.05) is 65.7 Å². The van der Waals surface area contributed by atoms with E-state index in [1.165, 1.54) is 16.7 Å². The Morgan fingerprint density at radius 3 is 2.47 bits per heavy atom. The van der Waals surface area contributed by atoms with Crippen molar-refractivity contribution in [3.63, 3.8) is 0 Å². The fourth-order valence-electron chi connectivity index (χ4n) is 7.81. The zero-order valence-corrected chi connectivity index (χ0v) is 27.0. The van der Waals surface area contributed by atoms with E-state index < -0.39 is 0 Å². The lowest BCUT2D eigenvalue weighted by molar-refractivity contribution is -0.916. The molecule has 1 amide bonds. The number of fused-ring (bicyclic) bond motifs is 2. The number of benzene rings is 3. The predicted octanol–water partition coefficient (Wildman–Crippen LogP) is 6.78. The summed E-state index contributed by atoms with van der Waals surface area (Å²) in [6.07, 6.45) is 6.75. The van der Waals surface area contributed by atoms with Gasteiger partial charge in [-0.15, -0.1) is 0 Å². The van der Waals surface area contributed by atoms with Crippen LogP contribution in [0.1, 0.15) is 54.4 Å². The van der Waals surface area contributed by atoms with Gasteiger partial charge in [0.15, 0.2) is 0 Å². The van der Waals surface area contributed by atoms with E-state index in [1.807, 2.05) is 35.2 Å². The van der Waals surface area contributed by atoms with E-state index in [2.05, 4.69) is 48.8 Å². The SMILES string of the molecule is COc1cccc(CC(=O)N2CCC(CC[N+]3(C)CCC4(CC3)NCCc3ccccc34)(c3ccc(Cl)c(Cl)c3)CC2)c1. The van der Waals surface area contributed by atoms with E-state index in [0.29, 0.717) is 16.5 Å². The summed E-state index contributed by atoms with van der Waals surface area (Å²) in [5, 5.41) is 5.13. The third-order valence-corrected chi connectivity index (χ3v) is 11.5. The Bertz CT molecular complexity index is 1460. The quantitative estimate of drug-likeness (QED) is 0.296. The third kappa shape index (κ3) is 6.33. The number of ether oxygens (including phenoxy) is 1. The van der Waals surface area contributed by atoms with Gasteiger partial charge >= 0.3 is 0 Å². The number of halogens is 2. The van der Waals surface area contributed by atoms with Gasteiger partial charge in [0.2, 0.25) is 5.91 Å². The summed E-state index contributed by atoms with van der Waals surface area (Å²) in [7, 11) is 4.10. The zero-order valence-electron chi connectivity index (χ0n) is 25.5. The first kappa shape index (κ1) is 30.5. The van der Waals surface area contributed by atoms with Gasteiger partial charge < -0.3 is 19.4 Å². The van der Waals surface area contributed by atoms with Crippen LogP contribution in [0.4, 0.5) is 0 Å². The summed E-state index contributed by atoms with van der Waals surface area (Å²) in [5.41, 5.74) is 5.36. The average Bonchev–Trinajstić information content (AvgIpc) is 3.03. The van der Waals surface area contributed by atoms with Gasteiger partial charge in [-0.3, -0.25) is 4.79 Å². The van der Waals surface area contributed by atoms with Crippen molar-refractivity contribution in [2.75, 3.05) is 53.4 Å². The normalized spacial score (nSPS) is 24.9. The molecule has 2 saturated heterocycles. The van der Waals surface area contributed by atoms with Crippen molar-refractivity contribution in [3.05, 3.63) is 99.0 Å². The molecule has 0 bridgehead atoms. The van der Waals surface area contributed by atoms with Gasteiger partial charge in [0.25, 0.3) is 0 Å². The van der Waals surface area contributed by atoms with Gasteiger partial charge in [-0.25, -0.2) is 0 Å². The Labute approximate surface area is 266 Å². The molecule has 2 fully saturated rings. The molecule has 3 aromatic rings. The Balaban J connectivity index is 1.15. The summed E-state index contributed by atoms with van der Waals surface area (Å²) in [5.74, 6) is 0.961. The van der Waals surface area contributed by atoms with Gasteiger partial charge in [0.05, 0.1) is 55.8 Å². The second kappa shape index (κ2) is 12.4. The molecule has 228 valence electrons. The molecule has 0 aromatic heterocycles. The maximum atomic E-state index is 13.3. The van der Waals surface area contributed by atoms with Crippen molar-refractivity contribution >= 4 is 29.1 Å². The van der Waals surface area contributed by atoms with Crippen LogP contribution in [-0.2, 0) is 28.6 Å². The molecule has 0 unspecified atom stereocenters. The molecule has 1 N–H and O–H groups in total. The van der Waals surface area contributed by atoms with Crippen molar-refractivity contribution in [2.24, 2.45) is 0 Å². The third-order valence-electron chi connectivity index (χ3n) is 10.8. The highest BCUT2D eigenvalue weighted by Crippen LogP contribution is 2.43. The molecule has 0 radical (unpaired) electrons. The van der Waals surface area contributed by atoms with E-state index in [9.17, 15) is 4.79 Å². The summed E-state index contributed by atoms with van der Waals surface area (Å²) in [6, 6.07) is 23.0. The molecular formula is C36H44Cl2N3O2+. The van der Waals surface area contributed by atoms with Crippen molar-refractivity contribution in [1.29, 1.82) is 0 Å². The molecule has 3 aliphatic heterocycles. The van der Waals surface area contributed by atoms with Gasteiger partial charge in [0.1, 0.15) is 5.75 Å². The van der Waals surface area contributed by atoms with E-state index in [0.717, 1.165) is 93.6 Å². The topological polar surface area (TPSA) is 41.6 Å². The summed E-state index contributed by atoms with van der Waals surface area (Å²) in [4.78, 5) is 15.4. The number of hydrogen-bond acceptors (Lipinski definition) is 3. The first-order chi connectivity index (χ1) is 20.7. The van der Waals surface area contributed by atoms with Gasteiger partial charge in [-0.05, 0) is 65.8 Å². The van der Waals surface area contributed by atoms with Crippen molar-refractivity contribution in [3.8, 4) is 5.75 Å². The van der Waals surface area contributed by atoms with E-state index in [1.54, 1.807) is 7.11 Å². The highest BCUT2D eigenvalue weighted by atomic mass is 35.5. The smallest absolute Gasteiger partial charge is 0.226 e. The minimum absolute atomic E-state index is 0.0347. The minimum Gasteiger partial charge on any atom is -0.497 e. The number of amides is 1. The number of carbonyl (C=O) groups excluding carboxylic acids is 1. The zero-order chi connectivity index (χ0) is 30.1. The lowest BCUT2D eigenvalue weighted by Gasteiger charge is -2.51. The molecule has 0 atom stereocenters. The molecular weight excluding hydrogens is 577 g/mol. The van der Waals surface area contributed by atoms with Crippen molar-refractivity contribution in [1.82, 2.24) is 10.2 Å². The van der Waals surface area contributed by atoms with Crippen LogP contribution in [0.2, 0.25) is 10.0 Å². The largest absolute Gasteiger partial charge is 0.497 e. The number of quaternary nitrogens is 1. The molecule has 1 spiro atoms. The Morgan fingerprint density at radius 1 is 0.953 bits per heavy atom. The van der Waals surface area contributed by atoms with Crippen LogP contribution in [0.3, 0.4) is 0 Å². The van der Waals surface area contributed by atoms with Crippen molar-refractivity contribution < 1.29 is 14.0 Å². The maximum absolute atomic E-state index is 13.3. The lowest BCUT2D eigenvalue weighted by Crippen LogP contribution is -2.60. The molecule has 5 nitrogen and oxygen atoms in total. The molecule has 0 aliphatic carbocycles. The predicted molar refractivity (Wildman–Crippen MR) is 175 cm³/mol. The first-order valence-corrected chi connectivity index (χ1v) is 16.5. The Kier molecular flexibility index (Phi) is 8.81. The van der Waals surface area contributed by atoms with E-state index >= 15 is 0 Å². The molecule has 3 aromatic carbocycles. The number of rotatable bonds is 7. The second-order valence-corrected chi connectivity index (χ2v) is 14.1. The van der Waals surface area contributed by atoms with Gasteiger partial charge in [0, 0.05) is 44.3 Å². The van der Waals surface area contributed by atoms with Crippen LogP contribution in [-0.4, -0.2) is 68.7 Å². The molecule has 3 heterocycles. The summed E-state index contributed by atoms with van der Waals surface area (Å²) >= 11 is 12.9. The molecule has 6 rings (SSSR count). The van der Waals surface area contributed by atoms with Gasteiger partial charge in [-0.2, -0.15) is 0 Å². The second-order valence-electron chi connectivity index (χ2n) is 13.3. The van der Waals surface area contributed by atoms with Crippen LogP contribution in [0.25, 0.3) is 0 Å². The number of carbonyl (C=O) groups is 1. The number of nitrogens with zero attached hydrogens (tertiary/aromatic N) is 2. The highest BCUT2D eigenvalue weighted by molar-refractivity contribution is 6.42. The Morgan fingerprint density at radius 2 is 1.72 bits per heavy atom. The number of likely N-dealkylation sites (tertiary alicyclic amines) is 2. The summed E-state index contributed by atoms with van der Waals surface area (Å²) in [6.45, 7) is 5.98. The molecule has 7 heteroatoms. The van der Waals surface area contributed by atoms with Crippen LogP contribution in [0, 0.1) is 0 Å². The lowest BCUT2D eigenvalue weighted by atomic mass is 9.69. The van der Waals surface area contributed by atoms with E-state index in [4.69, 9.17) is 27.9 Å². The van der Waals surface area contributed by atoms with Crippen LogP contribution in [0.15, 0.2) is 66.7 Å². The minimum atomic E-state index is -0.0347. The standard InChI is InChI=1S/C36H44Cl2N3O2/c1-41(22-16-36(17-23-41)31-9-4-3-7-28(31)12-18-39-36)21-15-35(29-10-11-32(37)33(38)26-29)13-19-40(20-14-35)34(42)25-27-6-5-8-30(24-27)43-2/h3-11,24,26,39H,12-23,25H2,1-2H3/q+1. The van der Waals surface area contributed by atoms with Crippen LogP contribution < -0.4 is 10.1 Å². The van der Waals surface area contributed by atoms with E-state index in [-0.39, 0.29) is 16.9 Å². The Hall–Kier alpha value is -2.57.